The molecule has 7 heteroatoms. The zero-order valence-corrected chi connectivity index (χ0v) is 13.6. The zero-order valence-electron chi connectivity index (χ0n) is 12.8. The summed E-state index contributed by atoms with van der Waals surface area (Å²) in [6, 6.07) is 0. The third-order valence-electron chi connectivity index (χ3n) is 4.23. The average Bonchev–Trinajstić information content (AvgIpc) is 2.73. The van der Waals surface area contributed by atoms with E-state index in [4.69, 9.17) is 0 Å². The Bertz CT molecular complexity index is 701. The molecule has 1 N–H and O–H groups in total. The van der Waals surface area contributed by atoms with Crippen LogP contribution in [0.25, 0.3) is 0 Å². The van der Waals surface area contributed by atoms with Gasteiger partial charge in [-0.15, -0.1) is 0 Å². The summed E-state index contributed by atoms with van der Waals surface area (Å²) < 4.78 is 28.2. The Morgan fingerprint density at radius 3 is 2.52 bits per heavy atom. The molecule has 1 aliphatic rings. The number of sulfonamides is 1. The van der Waals surface area contributed by atoms with Crippen LogP contribution in [0.4, 0.5) is 0 Å². The highest BCUT2D eigenvalue weighted by Crippen LogP contribution is 2.29. The highest BCUT2D eigenvalue weighted by atomic mass is 32.2. The molecule has 1 aliphatic carbocycles. The fraction of sp³-hybridized carbons (Fsp3) is 0.571. The number of allylic oxidation sites excluding steroid dienone is 2. The molecule has 0 bridgehead atoms. The van der Waals surface area contributed by atoms with Gasteiger partial charge in [0, 0.05) is 13.0 Å². The molecule has 21 heavy (non-hydrogen) atoms. The Balaban J connectivity index is 2.15. The molecule has 116 valence electrons. The molecule has 1 unspecified atom stereocenters. The molecule has 1 amide bonds. The average molecular weight is 311 g/mol. The van der Waals surface area contributed by atoms with Crippen LogP contribution in [0.3, 0.4) is 0 Å². The molecule has 1 aromatic heterocycles. The lowest BCUT2D eigenvalue weighted by Gasteiger charge is -2.23. The van der Waals surface area contributed by atoms with E-state index in [-0.39, 0.29) is 10.8 Å². The van der Waals surface area contributed by atoms with Gasteiger partial charge < -0.3 is 0 Å². The van der Waals surface area contributed by atoms with Crippen LogP contribution >= 0.6 is 0 Å². The van der Waals surface area contributed by atoms with E-state index in [1.54, 1.807) is 14.0 Å². The van der Waals surface area contributed by atoms with E-state index in [0.717, 1.165) is 6.42 Å². The van der Waals surface area contributed by atoms with Crippen LogP contribution in [0, 0.1) is 12.8 Å². The molecule has 0 aromatic carbocycles. The van der Waals surface area contributed by atoms with Gasteiger partial charge in [-0.25, -0.2) is 13.1 Å². The topological polar surface area (TPSA) is 81.1 Å². The second-order valence-corrected chi connectivity index (χ2v) is 7.34. The highest BCUT2D eigenvalue weighted by molar-refractivity contribution is 7.90. The zero-order chi connectivity index (χ0) is 15.8. The van der Waals surface area contributed by atoms with Gasteiger partial charge in [0.2, 0.25) is 5.91 Å². The highest BCUT2D eigenvalue weighted by Gasteiger charge is 2.28. The standard InChI is InChI=1S/C14H21N3O3S/c1-9-5-6-12(7-10(9)2)14(18)16-21(19,20)13-8-15-17(4)11(13)3/h8,12H,5-7H2,1-4H3,(H,16,18). The summed E-state index contributed by atoms with van der Waals surface area (Å²) in [6.07, 6.45) is 3.42. The third-order valence-corrected chi connectivity index (χ3v) is 5.68. The maximum absolute atomic E-state index is 12.3. The fourth-order valence-electron chi connectivity index (χ4n) is 2.49. The summed E-state index contributed by atoms with van der Waals surface area (Å²) >= 11 is 0. The number of hydrogen-bond acceptors (Lipinski definition) is 4. The van der Waals surface area contributed by atoms with Crippen molar-refractivity contribution in [2.45, 2.75) is 44.9 Å². The molecule has 1 atom stereocenters. The number of nitrogens with one attached hydrogen (secondary N) is 1. The molecular weight excluding hydrogens is 290 g/mol. The predicted molar refractivity (Wildman–Crippen MR) is 79.0 cm³/mol. The summed E-state index contributed by atoms with van der Waals surface area (Å²) in [5.41, 5.74) is 2.98. The molecule has 0 aliphatic heterocycles. The van der Waals surface area contributed by atoms with Gasteiger partial charge in [-0.1, -0.05) is 11.1 Å². The molecule has 0 spiro atoms. The number of amides is 1. The summed E-state index contributed by atoms with van der Waals surface area (Å²) in [5.74, 6) is -0.703. The Morgan fingerprint density at radius 2 is 2.00 bits per heavy atom. The Morgan fingerprint density at radius 1 is 1.33 bits per heavy atom. The van der Waals surface area contributed by atoms with E-state index in [9.17, 15) is 13.2 Å². The van der Waals surface area contributed by atoms with Gasteiger partial charge in [0.25, 0.3) is 10.0 Å². The van der Waals surface area contributed by atoms with Crippen molar-refractivity contribution in [2.24, 2.45) is 13.0 Å². The number of hydrogen-bond donors (Lipinski definition) is 1. The molecular formula is C14H21N3O3S. The Labute approximate surface area is 125 Å². The van der Waals surface area contributed by atoms with Gasteiger partial charge in [-0.05, 0) is 40.0 Å². The van der Waals surface area contributed by atoms with Crippen molar-refractivity contribution in [3.05, 3.63) is 23.0 Å². The first-order valence-corrected chi connectivity index (χ1v) is 8.41. The van der Waals surface area contributed by atoms with Crippen molar-refractivity contribution >= 4 is 15.9 Å². The van der Waals surface area contributed by atoms with E-state index in [1.165, 1.54) is 22.0 Å². The van der Waals surface area contributed by atoms with Crippen LogP contribution in [-0.2, 0) is 21.9 Å². The predicted octanol–water partition coefficient (Wildman–Crippen LogP) is 1.67. The fourth-order valence-corrected chi connectivity index (χ4v) is 3.74. The van der Waals surface area contributed by atoms with Crippen LogP contribution in [0.15, 0.2) is 22.2 Å². The molecule has 0 saturated carbocycles. The van der Waals surface area contributed by atoms with E-state index < -0.39 is 15.9 Å². The van der Waals surface area contributed by atoms with Crippen LogP contribution in [0.1, 0.15) is 38.8 Å². The van der Waals surface area contributed by atoms with Crippen molar-refractivity contribution < 1.29 is 13.2 Å². The van der Waals surface area contributed by atoms with Crippen molar-refractivity contribution in [2.75, 3.05) is 0 Å². The van der Waals surface area contributed by atoms with E-state index in [2.05, 4.69) is 16.7 Å². The maximum Gasteiger partial charge on any atom is 0.267 e. The first kappa shape index (κ1) is 15.8. The smallest absolute Gasteiger partial charge is 0.267 e. The van der Waals surface area contributed by atoms with Crippen molar-refractivity contribution in [3.63, 3.8) is 0 Å². The normalized spacial score (nSPS) is 19.7. The molecule has 0 fully saturated rings. The van der Waals surface area contributed by atoms with Gasteiger partial charge in [0.15, 0.2) is 0 Å². The lowest BCUT2D eigenvalue weighted by Crippen LogP contribution is -2.36. The second kappa shape index (κ2) is 5.63. The number of carbonyl (C=O) groups is 1. The third kappa shape index (κ3) is 3.18. The van der Waals surface area contributed by atoms with Gasteiger partial charge in [0.05, 0.1) is 11.9 Å². The summed E-state index contributed by atoms with van der Waals surface area (Å²) in [7, 11) is -2.19. The van der Waals surface area contributed by atoms with E-state index in [0.29, 0.717) is 18.5 Å². The van der Waals surface area contributed by atoms with Crippen molar-refractivity contribution in [1.82, 2.24) is 14.5 Å². The lowest BCUT2D eigenvalue weighted by atomic mass is 9.85. The Hall–Kier alpha value is -1.63. The minimum atomic E-state index is -3.85. The molecule has 1 heterocycles. The summed E-state index contributed by atoms with van der Waals surface area (Å²) in [6.45, 7) is 5.70. The van der Waals surface area contributed by atoms with Crippen molar-refractivity contribution in [1.29, 1.82) is 0 Å². The van der Waals surface area contributed by atoms with Gasteiger partial charge in [-0.2, -0.15) is 5.10 Å². The lowest BCUT2D eigenvalue weighted by molar-refractivity contribution is -0.123. The first-order valence-electron chi connectivity index (χ1n) is 6.93. The monoisotopic (exact) mass is 311 g/mol. The van der Waals surface area contributed by atoms with Crippen LogP contribution < -0.4 is 4.72 Å². The number of rotatable bonds is 3. The first-order chi connectivity index (χ1) is 9.72. The van der Waals surface area contributed by atoms with E-state index >= 15 is 0 Å². The minimum Gasteiger partial charge on any atom is -0.274 e. The number of carbonyl (C=O) groups excluding carboxylic acids is 1. The molecule has 0 saturated heterocycles. The largest absolute Gasteiger partial charge is 0.274 e. The molecule has 0 radical (unpaired) electrons. The molecule has 2 rings (SSSR count). The quantitative estimate of drug-likeness (QED) is 0.861. The van der Waals surface area contributed by atoms with Gasteiger partial charge >= 0.3 is 0 Å². The second-order valence-electron chi connectivity index (χ2n) is 5.69. The molecule has 6 nitrogen and oxygen atoms in total. The number of nitrogens with zero attached hydrogens (tertiary/aromatic N) is 2. The van der Waals surface area contributed by atoms with Gasteiger partial charge in [-0.3, -0.25) is 9.48 Å². The number of aromatic nitrogens is 2. The minimum absolute atomic E-state index is 0.0533. The maximum atomic E-state index is 12.3. The summed E-state index contributed by atoms with van der Waals surface area (Å²) in [4.78, 5) is 12.3. The van der Waals surface area contributed by atoms with Gasteiger partial charge in [0.1, 0.15) is 4.90 Å². The Kier molecular flexibility index (Phi) is 4.22. The van der Waals surface area contributed by atoms with Crippen LogP contribution in [0.5, 0.6) is 0 Å². The van der Waals surface area contributed by atoms with Crippen LogP contribution in [-0.4, -0.2) is 24.1 Å². The van der Waals surface area contributed by atoms with Crippen LogP contribution in [0.2, 0.25) is 0 Å². The van der Waals surface area contributed by atoms with Crippen molar-refractivity contribution in [3.8, 4) is 0 Å². The number of aryl methyl sites for hydroxylation is 1. The molecule has 1 aromatic rings. The summed E-state index contributed by atoms with van der Waals surface area (Å²) in [5, 5.41) is 3.90. The van der Waals surface area contributed by atoms with E-state index in [1.807, 2.05) is 6.92 Å². The SMILES string of the molecule is CC1=C(C)CC(C(=O)NS(=O)(=O)c2cnn(C)c2C)CC1.